The number of ketones is 1. The molecule has 0 saturated heterocycles. The molecule has 1 fully saturated rings. The molecule has 2 aromatic heterocycles. The van der Waals surface area contributed by atoms with Crippen LogP contribution in [0.1, 0.15) is 29.6 Å². The number of hydrogen-bond donors (Lipinski definition) is 1. The van der Waals surface area contributed by atoms with E-state index in [4.69, 9.17) is 9.97 Å². The van der Waals surface area contributed by atoms with Crippen molar-refractivity contribution in [2.75, 3.05) is 5.32 Å². The Balaban J connectivity index is 1.45. The number of para-hydroxylation sites is 3. The molecule has 5 heteroatoms. The van der Waals surface area contributed by atoms with Gasteiger partial charge in [0.05, 0.1) is 22.9 Å². The van der Waals surface area contributed by atoms with Crippen LogP contribution in [-0.2, 0) is 0 Å². The highest BCUT2D eigenvalue weighted by molar-refractivity contribution is 5.97. The molecule has 0 aliphatic heterocycles. The Morgan fingerprint density at radius 2 is 1.69 bits per heavy atom. The first-order chi connectivity index (χ1) is 15.8. The number of benzene rings is 3. The highest BCUT2D eigenvalue weighted by Gasteiger charge is 2.25. The summed E-state index contributed by atoms with van der Waals surface area (Å²) >= 11 is 0. The second-order valence-corrected chi connectivity index (χ2v) is 8.39. The maximum Gasteiger partial charge on any atom is 0.181 e. The van der Waals surface area contributed by atoms with Crippen LogP contribution in [0, 0.1) is 5.92 Å². The molecule has 32 heavy (non-hydrogen) atoms. The van der Waals surface area contributed by atoms with Crippen LogP contribution >= 0.6 is 0 Å². The van der Waals surface area contributed by atoms with Crippen LogP contribution in [0.5, 0.6) is 0 Å². The summed E-state index contributed by atoms with van der Waals surface area (Å²) in [4.78, 5) is 22.0. The number of anilines is 2. The number of nitrogens with one attached hydrogen (secondary N) is 1. The minimum atomic E-state index is 0.237. The van der Waals surface area contributed by atoms with E-state index in [0.29, 0.717) is 18.2 Å². The number of nitrogens with zero attached hydrogens (tertiary/aromatic N) is 3. The van der Waals surface area contributed by atoms with E-state index in [1.54, 1.807) is 0 Å². The molecular formula is C27H22N4O. The monoisotopic (exact) mass is 418 g/mol. The summed E-state index contributed by atoms with van der Waals surface area (Å²) in [5.74, 6) is 1.54. The molecule has 1 aliphatic rings. The van der Waals surface area contributed by atoms with E-state index in [-0.39, 0.29) is 5.78 Å². The van der Waals surface area contributed by atoms with Gasteiger partial charge in [0.25, 0.3) is 0 Å². The fraction of sp³-hybridized carbons (Fsp3) is 0.148. The van der Waals surface area contributed by atoms with Gasteiger partial charge in [-0.1, -0.05) is 54.6 Å². The lowest BCUT2D eigenvalue weighted by atomic mass is 10.0. The SMILES string of the molecule is O=C(CC1CC1)c1ccc(-c2cnc3c(Nc4ccccc4)nc4ccccc4n23)cc1. The van der Waals surface area contributed by atoms with Gasteiger partial charge in [-0.2, -0.15) is 0 Å². The molecule has 0 spiro atoms. The maximum absolute atomic E-state index is 12.5. The van der Waals surface area contributed by atoms with Crippen molar-refractivity contribution in [1.29, 1.82) is 0 Å². The molecule has 6 rings (SSSR count). The minimum Gasteiger partial charge on any atom is -0.337 e. The molecule has 5 nitrogen and oxygen atoms in total. The number of rotatable bonds is 6. The van der Waals surface area contributed by atoms with Crippen molar-refractivity contribution in [2.45, 2.75) is 19.3 Å². The topological polar surface area (TPSA) is 59.3 Å². The Hall–Kier alpha value is -3.99. The number of hydrogen-bond acceptors (Lipinski definition) is 4. The Kier molecular flexibility index (Phi) is 4.46. The van der Waals surface area contributed by atoms with Crippen molar-refractivity contribution >= 4 is 34.0 Å². The molecule has 3 aromatic carbocycles. The van der Waals surface area contributed by atoms with Gasteiger partial charge >= 0.3 is 0 Å². The molecule has 1 aliphatic carbocycles. The summed E-state index contributed by atoms with van der Waals surface area (Å²) in [5, 5.41) is 3.41. The Bertz CT molecular complexity index is 1430. The van der Waals surface area contributed by atoms with Gasteiger partial charge in [-0.15, -0.1) is 0 Å². The Morgan fingerprint density at radius 3 is 2.47 bits per heavy atom. The van der Waals surface area contributed by atoms with Crippen LogP contribution in [0.15, 0.2) is 85.1 Å². The second-order valence-electron chi connectivity index (χ2n) is 8.39. The van der Waals surface area contributed by atoms with Gasteiger partial charge in [0.2, 0.25) is 0 Å². The average Bonchev–Trinajstić information content (AvgIpc) is 3.53. The summed E-state index contributed by atoms with van der Waals surface area (Å²) in [6.45, 7) is 0. The van der Waals surface area contributed by atoms with Gasteiger partial charge < -0.3 is 5.32 Å². The van der Waals surface area contributed by atoms with Crippen LogP contribution in [0.25, 0.3) is 27.9 Å². The molecule has 1 N–H and O–H groups in total. The van der Waals surface area contributed by atoms with Crippen molar-refractivity contribution in [3.63, 3.8) is 0 Å². The third-order valence-electron chi connectivity index (χ3n) is 6.04. The Morgan fingerprint density at radius 1 is 0.938 bits per heavy atom. The quantitative estimate of drug-likeness (QED) is 0.330. The van der Waals surface area contributed by atoms with Crippen LogP contribution in [0.3, 0.4) is 0 Å². The first kappa shape index (κ1) is 18.8. The first-order valence-electron chi connectivity index (χ1n) is 11.0. The molecule has 0 radical (unpaired) electrons. The van der Waals surface area contributed by atoms with E-state index < -0.39 is 0 Å². The molecule has 0 atom stereocenters. The van der Waals surface area contributed by atoms with Crippen molar-refractivity contribution in [3.8, 4) is 11.3 Å². The molecule has 2 heterocycles. The number of Topliss-reactive ketones (excluding diaryl/α,β-unsaturated/α-hetero) is 1. The summed E-state index contributed by atoms with van der Waals surface area (Å²) < 4.78 is 2.13. The van der Waals surface area contributed by atoms with Gasteiger partial charge in [-0.25, -0.2) is 9.97 Å². The van der Waals surface area contributed by atoms with Gasteiger partial charge in [0.1, 0.15) is 0 Å². The fourth-order valence-electron chi connectivity index (χ4n) is 4.16. The normalized spacial score (nSPS) is 13.5. The summed E-state index contributed by atoms with van der Waals surface area (Å²) in [5.41, 5.74) is 6.36. The predicted molar refractivity (Wildman–Crippen MR) is 127 cm³/mol. The molecule has 0 bridgehead atoms. The van der Waals surface area contributed by atoms with E-state index in [1.807, 2.05) is 79.0 Å². The maximum atomic E-state index is 12.5. The van der Waals surface area contributed by atoms with Crippen molar-refractivity contribution in [1.82, 2.24) is 14.4 Å². The predicted octanol–water partition coefficient (Wildman–Crippen LogP) is 6.28. The van der Waals surface area contributed by atoms with E-state index in [9.17, 15) is 4.79 Å². The zero-order chi connectivity index (χ0) is 21.5. The molecular weight excluding hydrogens is 396 g/mol. The van der Waals surface area contributed by atoms with E-state index in [0.717, 1.165) is 39.2 Å². The second kappa shape index (κ2) is 7.61. The van der Waals surface area contributed by atoms with Gasteiger partial charge in [-0.3, -0.25) is 9.20 Å². The summed E-state index contributed by atoms with van der Waals surface area (Å²) in [7, 11) is 0. The third kappa shape index (κ3) is 3.42. The van der Waals surface area contributed by atoms with Gasteiger partial charge in [-0.05, 0) is 43.0 Å². The smallest absolute Gasteiger partial charge is 0.181 e. The number of carbonyl (C=O) groups excluding carboxylic acids is 1. The van der Waals surface area contributed by atoms with Gasteiger partial charge in [0, 0.05) is 23.2 Å². The van der Waals surface area contributed by atoms with Crippen molar-refractivity contribution in [2.24, 2.45) is 5.92 Å². The molecule has 5 aromatic rings. The van der Waals surface area contributed by atoms with Gasteiger partial charge in [0.15, 0.2) is 17.2 Å². The van der Waals surface area contributed by atoms with E-state index in [1.165, 1.54) is 12.8 Å². The summed E-state index contributed by atoms with van der Waals surface area (Å²) in [6, 6.07) is 26.0. The van der Waals surface area contributed by atoms with Crippen LogP contribution in [0.2, 0.25) is 0 Å². The first-order valence-corrected chi connectivity index (χ1v) is 11.0. The zero-order valence-electron chi connectivity index (χ0n) is 17.5. The molecule has 0 unspecified atom stereocenters. The van der Waals surface area contributed by atoms with Crippen LogP contribution in [0.4, 0.5) is 11.5 Å². The number of carbonyl (C=O) groups is 1. The number of fused-ring (bicyclic) bond motifs is 3. The zero-order valence-corrected chi connectivity index (χ0v) is 17.5. The number of imidazole rings is 1. The lowest BCUT2D eigenvalue weighted by molar-refractivity contribution is 0.0976. The lowest BCUT2D eigenvalue weighted by Crippen LogP contribution is -2.01. The Labute approximate surface area is 185 Å². The molecule has 1 saturated carbocycles. The highest BCUT2D eigenvalue weighted by Crippen LogP contribution is 2.34. The average molecular weight is 419 g/mol. The van der Waals surface area contributed by atoms with Crippen molar-refractivity contribution in [3.05, 3.63) is 90.6 Å². The molecule has 0 amide bonds. The summed E-state index contributed by atoms with van der Waals surface area (Å²) in [6.07, 6.45) is 4.92. The van der Waals surface area contributed by atoms with E-state index >= 15 is 0 Å². The fourth-order valence-corrected chi connectivity index (χ4v) is 4.16. The highest BCUT2D eigenvalue weighted by atomic mass is 16.1. The minimum absolute atomic E-state index is 0.237. The number of aromatic nitrogens is 3. The third-order valence-corrected chi connectivity index (χ3v) is 6.04. The standard InChI is InChI=1S/C27H22N4O/c32-25(16-18-10-11-18)20-14-12-19(13-15-20)24-17-28-27-26(29-21-6-2-1-3-7-21)30-22-8-4-5-9-23(22)31(24)27/h1-9,12-15,17-18H,10-11,16H2,(H,29,30). The van der Waals surface area contributed by atoms with Crippen LogP contribution < -0.4 is 5.32 Å². The van der Waals surface area contributed by atoms with E-state index in [2.05, 4.69) is 15.8 Å². The largest absolute Gasteiger partial charge is 0.337 e. The lowest BCUT2D eigenvalue weighted by Gasteiger charge is -2.12. The molecule has 156 valence electrons. The van der Waals surface area contributed by atoms with Crippen LogP contribution in [-0.4, -0.2) is 20.2 Å². The van der Waals surface area contributed by atoms with Crippen molar-refractivity contribution < 1.29 is 4.79 Å².